The van der Waals surface area contributed by atoms with E-state index in [1.54, 1.807) is 17.5 Å². The molecule has 1 saturated heterocycles. The van der Waals surface area contributed by atoms with Crippen LogP contribution in [0, 0.1) is 12.8 Å². The van der Waals surface area contributed by atoms with E-state index in [-0.39, 0.29) is 12.5 Å². The highest BCUT2D eigenvalue weighted by Gasteiger charge is 2.34. The fourth-order valence-corrected chi connectivity index (χ4v) is 6.87. The second-order valence-electron chi connectivity index (χ2n) is 8.23. The predicted octanol–water partition coefficient (Wildman–Crippen LogP) is 4.41. The first-order valence-electron chi connectivity index (χ1n) is 10.8. The Kier molecular flexibility index (Phi) is 5.77. The van der Waals surface area contributed by atoms with E-state index < -0.39 is 15.9 Å². The number of aryl methyl sites for hydroxylation is 1. The summed E-state index contributed by atoms with van der Waals surface area (Å²) in [6.07, 6.45) is 3.22. The Bertz CT molecular complexity index is 1400. The molecule has 1 aliphatic heterocycles. The van der Waals surface area contributed by atoms with Gasteiger partial charge in [0.05, 0.1) is 5.92 Å². The number of imidazole rings is 1. The third kappa shape index (κ3) is 4.19. The van der Waals surface area contributed by atoms with Gasteiger partial charge in [-0.15, -0.1) is 11.3 Å². The van der Waals surface area contributed by atoms with Gasteiger partial charge in [0.15, 0.2) is 0 Å². The van der Waals surface area contributed by atoms with E-state index in [1.165, 1.54) is 15.6 Å². The molecule has 170 valence electrons. The number of piperidine rings is 1. The molecule has 1 unspecified atom stereocenters. The number of benzene rings is 1. The molecule has 1 aliphatic rings. The summed E-state index contributed by atoms with van der Waals surface area (Å²) >= 11 is 1.20. The number of carbonyl (C=O) groups is 1. The van der Waals surface area contributed by atoms with E-state index in [4.69, 9.17) is 4.98 Å². The summed E-state index contributed by atoms with van der Waals surface area (Å²) in [4.78, 5) is 18.1. The Labute approximate surface area is 196 Å². The predicted molar refractivity (Wildman–Crippen MR) is 130 cm³/mol. The molecule has 1 fully saturated rings. The maximum absolute atomic E-state index is 13.4. The van der Waals surface area contributed by atoms with Crippen molar-refractivity contribution >= 4 is 38.7 Å². The second kappa shape index (κ2) is 8.74. The number of hydrogen-bond acceptors (Lipinski definition) is 5. The quantitative estimate of drug-likeness (QED) is 0.459. The molecule has 0 radical (unpaired) electrons. The molecule has 0 aliphatic carbocycles. The first-order chi connectivity index (χ1) is 15.9. The maximum Gasteiger partial charge on any atom is 0.252 e. The summed E-state index contributed by atoms with van der Waals surface area (Å²) in [5.41, 5.74) is 3.37. The number of pyridine rings is 1. The molecule has 1 aromatic carbocycles. The maximum atomic E-state index is 13.4. The zero-order chi connectivity index (χ0) is 23.0. The van der Waals surface area contributed by atoms with Crippen molar-refractivity contribution in [3.8, 4) is 11.3 Å². The lowest BCUT2D eigenvalue weighted by molar-refractivity contribution is -0.120. The number of amides is 1. The number of carbonyl (C=O) groups excluding carboxylic acids is 1. The number of sulfonamides is 1. The van der Waals surface area contributed by atoms with Crippen LogP contribution in [0.15, 0.2) is 70.4 Å². The monoisotopic (exact) mass is 480 g/mol. The van der Waals surface area contributed by atoms with Crippen molar-refractivity contribution in [1.29, 1.82) is 0 Å². The number of hydrogen-bond donors (Lipinski definition) is 1. The molecular formula is C24H24N4O3S2. The highest BCUT2D eigenvalue weighted by atomic mass is 32.2. The van der Waals surface area contributed by atoms with E-state index in [0.717, 1.165) is 16.8 Å². The number of aromatic nitrogens is 2. The summed E-state index contributed by atoms with van der Waals surface area (Å²) in [6.45, 7) is 2.58. The van der Waals surface area contributed by atoms with Crippen molar-refractivity contribution in [2.24, 2.45) is 5.92 Å². The molecule has 1 atom stereocenters. The normalized spacial score (nSPS) is 17.3. The fourth-order valence-electron chi connectivity index (χ4n) is 4.20. The van der Waals surface area contributed by atoms with E-state index in [9.17, 15) is 13.2 Å². The van der Waals surface area contributed by atoms with Crippen LogP contribution >= 0.6 is 11.3 Å². The van der Waals surface area contributed by atoms with Gasteiger partial charge in [-0.2, -0.15) is 4.31 Å². The van der Waals surface area contributed by atoms with Crippen LogP contribution in [0.5, 0.6) is 0 Å². The Morgan fingerprint density at radius 2 is 1.94 bits per heavy atom. The number of anilines is 1. The third-order valence-corrected chi connectivity index (χ3v) is 9.14. The first-order valence-corrected chi connectivity index (χ1v) is 13.1. The highest BCUT2D eigenvalue weighted by molar-refractivity contribution is 7.91. The van der Waals surface area contributed by atoms with Crippen LogP contribution in [0.25, 0.3) is 16.9 Å². The van der Waals surface area contributed by atoms with Crippen LogP contribution in [-0.4, -0.2) is 41.1 Å². The average molecular weight is 481 g/mol. The summed E-state index contributed by atoms with van der Waals surface area (Å²) in [6, 6.07) is 17.0. The molecule has 0 spiro atoms. The first kappa shape index (κ1) is 21.8. The van der Waals surface area contributed by atoms with Gasteiger partial charge in [0.1, 0.15) is 21.4 Å². The largest absolute Gasteiger partial charge is 0.310 e. The van der Waals surface area contributed by atoms with Gasteiger partial charge in [-0.05, 0) is 42.8 Å². The van der Waals surface area contributed by atoms with Crippen molar-refractivity contribution in [3.05, 3.63) is 71.7 Å². The molecule has 5 rings (SSSR count). The lowest BCUT2D eigenvalue weighted by Crippen LogP contribution is -2.43. The number of fused-ring (bicyclic) bond motifs is 1. The summed E-state index contributed by atoms with van der Waals surface area (Å²) in [7, 11) is -3.58. The summed E-state index contributed by atoms with van der Waals surface area (Å²) in [5.74, 6) is -0.0304. The molecule has 0 saturated carbocycles. The molecule has 7 nitrogen and oxygen atoms in total. The standard InChI is InChI=1S/C24H24N4O3S2/c1-17-11-12-20-25-22(18-7-3-2-4-8-18)23(28(20)15-17)26-24(29)19-9-5-13-27(16-19)33(30,31)21-10-6-14-32-21/h2-4,6-8,10-12,14-15,19H,5,9,13,16H2,1H3,(H,26,29). The van der Waals surface area contributed by atoms with Gasteiger partial charge < -0.3 is 5.32 Å². The van der Waals surface area contributed by atoms with Crippen molar-refractivity contribution < 1.29 is 13.2 Å². The molecule has 0 bridgehead atoms. The Morgan fingerprint density at radius 1 is 1.12 bits per heavy atom. The lowest BCUT2D eigenvalue weighted by atomic mass is 9.99. The zero-order valence-corrected chi connectivity index (χ0v) is 19.8. The third-order valence-electron chi connectivity index (χ3n) is 5.90. The minimum absolute atomic E-state index is 0.169. The van der Waals surface area contributed by atoms with E-state index in [2.05, 4.69) is 5.32 Å². The molecule has 9 heteroatoms. The SMILES string of the molecule is Cc1ccc2nc(-c3ccccc3)c(NC(=O)C3CCCN(S(=O)(=O)c4cccs4)C3)n2c1. The van der Waals surface area contributed by atoms with Crippen LogP contribution < -0.4 is 5.32 Å². The summed E-state index contributed by atoms with van der Waals surface area (Å²) < 4.78 is 29.6. The van der Waals surface area contributed by atoms with E-state index in [1.807, 2.05) is 60.0 Å². The van der Waals surface area contributed by atoms with Crippen molar-refractivity contribution in [1.82, 2.24) is 13.7 Å². The van der Waals surface area contributed by atoms with Gasteiger partial charge in [-0.25, -0.2) is 13.4 Å². The van der Waals surface area contributed by atoms with E-state index in [0.29, 0.717) is 35.1 Å². The van der Waals surface area contributed by atoms with Gasteiger partial charge in [-0.3, -0.25) is 9.20 Å². The molecular weight excluding hydrogens is 456 g/mol. The topological polar surface area (TPSA) is 83.8 Å². The smallest absolute Gasteiger partial charge is 0.252 e. The van der Waals surface area contributed by atoms with Crippen LogP contribution in [-0.2, 0) is 14.8 Å². The molecule has 1 N–H and O–H groups in total. The van der Waals surface area contributed by atoms with E-state index >= 15 is 0 Å². The lowest BCUT2D eigenvalue weighted by Gasteiger charge is -2.30. The van der Waals surface area contributed by atoms with Gasteiger partial charge in [0.25, 0.3) is 10.0 Å². The zero-order valence-electron chi connectivity index (χ0n) is 18.1. The number of thiophene rings is 1. The van der Waals surface area contributed by atoms with Crippen molar-refractivity contribution in [3.63, 3.8) is 0 Å². The fraction of sp³-hybridized carbons (Fsp3) is 0.250. The number of nitrogens with one attached hydrogen (secondary N) is 1. The van der Waals surface area contributed by atoms with Crippen molar-refractivity contribution in [2.45, 2.75) is 24.0 Å². The van der Waals surface area contributed by atoms with Crippen LogP contribution in [0.4, 0.5) is 5.82 Å². The second-order valence-corrected chi connectivity index (χ2v) is 11.3. The van der Waals surface area contributed by atoms with Gasteiger partial charge >= 0.3 is 0 Å². The van der Waals surface area contributed by atoms with Gasteiger partial charge in [0.2, 0.25) is 5.91 Å². The average Bonchev–Trinajstić information content (AvgIpc) is 3.49. The highest BCUT2D eigenvalue weighted by Crippen LogP contribution is 2.31. The van der Waals surface area contributed by atoms with Crippen LogP contribution in [0.2, 0.25) is 0 Å². The molecule has 4 aromatic rings. The van der Waals surface area contributed by atoms with Gasteiger partial charge in [-0.1, -0.05) is 42.5 Å². The molecule has 1 amide bonds. The van der Waals surface area contributed by atoms with Crippen molar-refractivity contribution in [2.75, 3.05) is 18.4 Å². The summed E-state index contributed by atoms with van der Waals surface area (Å²) in [5, 5.41) is 4.83. The number of nitrogens with zero attached hydrogens (tertiary/aromatic N) is 3. The van der Waals surface area contributed by atoms with Crippen LogP contribution in [0.1, 0.15) is 18.4 Å². The Morgan fingerprint density at radius 3 is 2.70 bits per heavy atom. The Hall–Kier alpha value is -3.01. The van der Waals surface area contributed by atoms with Gasteiger partial charge in [0, 0.05) is 24.8 Å². The Balaban J connectivity index is 1.45. The molecule has 33 heavy (non-hydrogen) atoms. The molecule has 3 aromatic heterocycles. The molecule has 4 heterocycles. The minimum Gasteiger partial charge on any atom is -0.310 e. The van der Waals surface area contributed by atoms with Crippen LogP contribution in [0.3, 0.4) is 0 Å². The minimum atomic E-state index is -3.58. The number of rotatable bonds is 5.